The molecule has 1 aliphatic rings. The van der Waals surface area contributed by atoms with Gasteiger partial charge in [0.1, 0.15) is 0 Å². The van der Waals surface area contributed by atoms with Gasteiger partial charge in [-0.05, 0) is 25.0 Å². The Hall–Kier alpha value is -0.250. The number of halogens is 1. The first-order valence-electron chi connectivity index (χ1n) is 5.82. The van der Waals surface area contributed by atoms with E-state index >= 15 is 0 Å². The Balaban J connectivity index is 1.62. The fourth-order valence-electron chi connectivity index (χ4n) is 2.00. The Bertz CT molecular complexity index is 309. The molecule has 0 bridgehead atoms. The van der Waals surface area contributed by atoms with Gasteiger partial charge < -0.3 is 5.32 Å². The second kappa shape index (κ2) is 6.48. The number of thioether (sulfide) groups is 1. The van der Waals surface area contributed by atoms with Crippen LogP contribution in [0, 0.1) is 0 Å². The summed E-state index contributed by atoms with van der Waals surface area (Å²) in [5.41, 5.74) is 0. The van der Waals surface area contributed by atoms with Crippen LogP contribution in [0.2, 0.25) is 5.02 Å². The lowest BCUT2D eigenvalue weighted by Gasteiger charge is -2.10. The maximum atomic E-state index is 5.77. The van der Waals surface area contributed by atoms with Crippen molar-refractivity contribution in [2.24, 2.45) is 0 Å². The molecular weight excluding hydrogens is 240 g/mol. The first kappa shape index (κ1) is 12.2. The highest BCUT2D eigenvalue weighted by Crippen LogP contribution is 2.19. The zero-order chi connectivity index (χ0) is 11.2. The smallest absolute Gasteiger partial charge is 0.0961 e. The van der Waals surface area contributed by atoms with Crippen molar-refractivity contribution < 1.29 is 0 Å². The van der Waals surface area contributed by atoms with Gasteiger partial charge in [-0.3, -0.25) is 0 Å². The van der Waals surface area contributed by atoms with Crippen molar-refractivity contribution in [3.05, 3.63) is 23.4 Å². The monoisotopic (exact) mass is 256 g/mol. The molecule has 4 heteroatoms. The molecule has 1 fully saturated rings. The maximum Gasteiger partial charge on any atom is 0.0961 e. The molecule has 1 saturated carbocycles. The van der Waals surface area contributed by atoms with Gasteiger partial charge in [0.2, 0.25) is 0 Å². The summed E-state index contributed by atoms with van der Waals surface area (Å²) in [5, 5.41) is 5.34. The molecule has 1 aromatic rings. The van der Waals surface area contributed by atoms with E-state index in [1.54, 1.807) is 18.0 Å². The third-order valence-electron chi connectivity index (χ3n) is 2.84. The van der Waals surface area contributed by atoms with Gasteiger partial charge in [-0.15, -0.1) is 11.8 Å². The van der Waals surface area contributed by atoms with Crippen molar-refractivity contribution in [3.63, 3.8) is 0 Å². The minimum absolute atomic E-state index is 0.702. The van der Waals surface area contributed by atoms with Gasteiger partial charge in [-0.25, -0.2) is 4.98 Å². The first-order valence-corrected chi connectivity index (χ1v) is 7.19. The van der Waals surface area contributed by atoms with Crippen LogP contribution < -0.4 is 5.32 Å². The molecule has 1 aromatic heterocycles. The normalized spacial score (nSPS) is 16.8. The van der Waals surface area contributed by atoms with E-state index < -0.39 is 0 Å². The fraction of sp³-hybridized carbons (Fsp3) is 0.583. The van der Waals surface area contributed by atoms with Crippen molar-refractivity contribution in [2.45, 2.75) is 36.8 Å². The van der Waals surface area contributed by atoms with E-state index in [9.17, 15) is 0 Å². The number of rotatable bonds is 5. The van der Waals surface area contributed by atoms with Crippen LogP contribution in [-0.2, 0) is 0 Å². The third kappa shape index (κ3) is 3.96. The molecule has 0 spiro atoms. The van der Waals surface area contributed by atoms with Gasteiger partial charge in [-0.2, -0.15) is 0 Å². The molecule has 1 aliphatic carbocycles. The van der Waals surface area contributed by atoms with Crippen LogP contribution in [-0.4, -0.2) is 23.3 Å². The Morgan fingerprint density at radius 2 is 2.19 bits per heavy atom. The van der Waals surface area contributed by atoms with Crippen LogP contribution in [0.25, 0.3) is 0 Å². The third-order valence-corrected chi connectivity index (χ3v) is 4.01. The molecular formula is C12H17ClN2S. The largest absolute Gasteiger partial charge is 0.313 e. The molecule has 0 aliphatic heterocycles. The highest BCUT2D eigenvalue weighted by Gasteiger charge is 2.13. The van der Waals surface area contributed by atoms with Crippen molar-refractivity contribution in [2.75, 3.05) is 12.3 Å². The minimum atomic E-state index is 0.702. The molecule has 0 unspecified atom stereocenters. The van der Waals surface area contributed by atoms with Gasteiger partial charge in [0.15, 0.2) is 0 Å². The SMILES string of the molecule is Clc1ccc(SCCNC2CCCC2)nc1. The highest BCUT2D eigenvalue weighted by molar-refractivity contribution is 7.99. The van der Waals surface area contributed by atoms with Gasteiger partial charge in [0, 0.05) is 24.5 Å². The summed E-state index contributed by atoms with van der Waals surface area (Å²) in [6.45, 7) is 1.07. The lowest BCUT2D eigenvalue weighted by molar-refractivity contribution is 0.545. The number of nitrogens with one attached hydrogen (secondary N) is 1. The van der Waals surface area contributed by atoms with E-state index in [2.05, 4.69) is 10.3 Å². The van der Waals surface area contributed by atoms with E-state index in [4.69, 9.17) is 11.6 Å². The van der Waals surface area contributed by atoms with Crippen LogP contribution >= 0.6 is 23.4 Å². The molecule has 0 atom stereocenters. The second-order valence-electron chi connectivity index (χ2n) is 4.10. The fourth-order valence-corrected chi connectivity index (χ4v) is 2.83. The number of aromatic nitrogens is 1. The summed E-state index contributed by atoms with van der Waals surface area (Å²) < 4.78 is 0. The van der Waals surface area contributed by atoms with Crippen molar-refractivity contribution in [1.29, 1.82) is 0 Å². The van der Waals surface area contributed by atoms with Crippen molar-refractivity contribution in [3.8, 4) is 0 Å². The molecule has 2 nitrogen and oxygen atoms in total. The molecule has 2 rings (SSSR count). The molecule has 0 saturated heterocycles. The summed E-state index contributed by atoms with van der Waals surface area (Å²) in [6, 6.07) is 4.63. The zero-order valence-corrected chi connectivity index (χ0v) is 10.9. The van der Waals surface area contributed by atoms with Crippen LogP contribution in [0.4, 0.5) is 0 Å². The average Bonchev–Trinajstić information content (AvgIpc) is 2.80. The van der Waals surface area contributed by atoms with E-state index in [0.29, 0.717) is 5.02 Å². The summed E-state index contributed by atoms with van der Waals surface area (Å²) in [4.78, 5) is 4.25. The molecule has 1 heterocycles. The number of pyridine rings is 1. The molecule has 1 N–H and O–H groups in total. The van der Waals surface area contributed by atoms with Gasteiger partial charge in [-0.1, -0.05) is 24.4 Å². The summed E-state index contributed by atoms with van der Waals surface area (Å²) in [5.74, 6) is 1.07. The van der Waals surface area contributed by atoms with E-state index in [-0.39, 0.29) is 0 Å². The predicted molar refractivity (Wildman–Crippen MR) is 70.2 cm³/mol. The second-order valence-corrected chi connectivity index (χ2v) is 5.65. The lowest BCUT2D eigenvalue weighted by Crippen LogP contribution is -2.28. The Kier molecular flexibility index (Phi) is 4.94. The quantitative estimate of drug-likeness (QED) is 0.646. The Morgan fingerprint density at radius 1 is 1.38 bits per heavy atom. The Morgan fingerprint density at radius 3 is 2.88 bits per heavy atom. The first-order chi connectivity index (χ1) is 7.84. The van der Waals surface area contributed by atoms with Gasteiger partial charge in [0.05, 0.1) is 10.0 Å². The maximum absolute atomic E-state index is 5.77. The summed E-state index contributed by atoms with van der Waals surface area (Å²) in [6.07, 6.45) is 7.19. The molecule has 0 amide bonds. The van der Waals surface area contributed by atoms with E-state index in [1.165, 1.54) is 25.7 Å². The molecule has 16 heavy (non-hydrogen) atoms. The van der Waals surface area contributed by atoms with Crippen LogP contribution in [0.3, 0.4) is 0 Å². The van der Waals surface area contributed by atoms with Crippen LogP contribution in [0.1, 0.15) is 25.7 Å². The van der Waals surface area contributed by atoms with Gasteiger partial charge in [0.25, 0.3) is 0 Å². The van der Waals surface area contributed by atoms with Gasteiger partial charge >= 0.3 is 0 Å². The number of hydrogen-bond acceptors (Lipinski definition) is 3. The average molecular weight is 257 g/mol. The predicted octanol–water partition coefficient (Wildman–Crippen LogP) is 3.36. The van der Waals surface area contributed by atoms with Crippen LogP contribution in [0.15, 0.2) is 23.4 Å². The van der Waals surface area contributed by atoms with E-state index in [0.717, 1.165) is 23.4 Å². The molecule has 0 radical (unpaired) electrons. The lowest BCUT2D eigenvalue weighted by atomic mass is 10.2. The van der Waals surface area contributed by atoms with E-state index in [1.807, 2.05) is 12.1 Å². The number of hydrogen-bond donors (Lipinski definition) is 1. The number of nitrogens with zero attached hydrogens (tertiary/aromatic N) is 1. The molecule has 88 valence electrons. The van der Waals surface area contributed by atoms with Crippen molar-refractivity contribution in [1.82, 2.24) is 10.3 Å². The molecule has 0 aromatic carbocycles. The minimum Gasteiger partial charge on any atom is -0.313 e. The Labute approximate surface area is 106 Å². The highest BCUT2D eigenvalue weighted by atomic mass is 35.5. The standard InChI is InChI=1S/C12H17ClN2S/c13-10-5-6-12(15-9-10)16-8-7-14-11-3-1-2-4-11/h5-6,9,11,14H,1-4,7-8H2. The summed E-state index contributed by atoms with van der Waals surface area (Å²) in [7, 11) is 0. The topological polar surface area (TPSA) is 24.9 Å². The van der Waals surface area contributed by atoms with Crippen LogP contribution in [0.5, 0.6) is 0 Å². The summed E-state index contributed by atoms with van der Waals surface area (Å²) >= 11 is 7.56. The zero-order valence-electron chi connectivity index (χ0n) is 9.29. The van der Waals surface area contributed by atoms with Crippen molar-refractivity contribution >= 4 is 23.4 Å².